The van der Waals surface area contributed by atoms with E-state index < -0.39 is 21.7 Å². The topological polar surface area (TPSA) is 134 Å². The monoisotopic (exact) mass is 436 g/mol. The number of hydrogen-bond donors (Lipinski definition) is 2. The van der Waals surface area contributed by atoms with Gasteiger partial charge >= 0.3 is 0 Å². The number of amides is 2. The molecular weight excluding hydrogens is 412 g/mol. The second-order valence-corrected chi connectivity index (χ2v) is 8.32. The smallest absolute Gasteiger partial charge is 0.255 e. The van der Waals surface area contributed by atoms with E-state index in [2.05, 4.69) is 5.32 Å². The first-order valence-corrected chi connectivity index (χ1v) is 10.7. The van der Waals surface area contributed by atoms with Crippen molar-refractivity contribution in [2.24, 2.45) is 5.73 Å². The molecule has 2 aromatic rings. The van der Waals surface area contributed by atoms with Crippen LogP contribution >= 0.6 is 0 Å². The van der Waals surface area contributed by atoms with Crippen molar-refractivity contribution in [3.63, 3.8) is 0 Å². The minimum atomic E-state index is -3.41. The summed E-state index contributed by atoms with van der Waals surface area (Å²) in [6.07, 6.45) is 0.247. The van der Waals surface area contributed by atoms with Crippen LogP contribution in [-0.2, 0) is 14.6 Å². The maximum absolute atomic E-state index is 12.5. The Labute approximate surface area is 175 Å². The molecular formula is C20H24N2O7S. The third-order valence-corrected chi connectivity index (χ3v) is 5.88. The zero-order chi connectivity index (χ0) is 22.1. The van der Waals surface area contributed by atoms with E-state index in [0.29, 0.717) is 0 Å². The van der Waals surface area contributed by atoms with Crippen LogP contribution in [0.4, 0.5) is 0 Å². The fraction of sp³-hybridized carbons (Fsp3) is 0.300. The third-order valence-electron chi connectivity index (χ3n) is 4.06. The fourth-order valence-corrected chi connectivity index (χ4v) is 3.94. The van der Waals surface area contributed by atoms with Crippen LogP contribution < -0.4 is 25.3 Å². The minimum Gasteiger partial charge on any atom is -0.493 e. The number of nitrogens with one attached hydrogen (secondary N) is 1. The Hall–Kier alpha value is -3.27. The molecule has 30 heavy (non-hydrogen) atoms. The molecule has 0 unspecified atom stereocenters. The highest BCUT2D eigenvalue weighted by atomic mass is 32.2. The molecule has 10 heteroatoms. The number of carbonyl (C=O) groups is 2. The predicted octanol–water partition coefficient (Wildman–Crippen LogP) is 1.16. The van der Waals surface area contributed by atoms with E-state index in [1.54, 1.807) is 18.2 Å². The quantitative estimate of drug-likeness (QED) is 0.505. The number of primary amides is 1. The Morgan fingerprint density at radius 3 is 2.17 bits per heavy atom. The Morgan fingerprint density at radius 1 is 1.03 bits per heavy atom. The van der Waals surface area contributed by atoms with E-state index in [0.717, 1.165) is 0 Å². The lowest BCUT2D eigenvalue weighted by Crippen LogP contribution is -2.26. The molecule has 0 spiro atoms. The molecule has 0 saturated carbocycles. The number of ether oxygens (including phenoxy) is 3. The Kier molecular flexibility index (Phi) is 8.05. The van der Waals surface area contributed by atoms with Crippen molar-refractivity contribution in [2.75, 3.05) is 33.1 Å². The second-order valence-electron chi connectivity index (χ2n) is 6.21. The molecule has 0 aliphatic carbocycles. The highest BCUT2D eigenvalue weighted by Crippen LogP contribution is 2.38. The van der Waals surface area contributed by atoms with Crippen LogP contribution in [0.5, 0.6) is 17.2 Å². The highest BCUT2D eigenvalue weighted by Gasteiger charge is 2.19. The molecule has 2 rings (SSSR count). The lowest BCUT2D eigenvalue weighted by atomic mass is 10.1. The van der Waals surface area contributed by atoms with Crippen molar-refractivity contribution < 1.29 is 32.2 Å². The van der Waals surface area contributed by atoms with E-state index in [1.165, 1.54) is 38.5 Å². The van der Waals surface area contributed by atoms with Gasteiger partial charge in [0, 0.05) is 12.1 Å². The number of benzene rings is 2. The Balaban J connectivity index is 2.02. The van der Waals surface area contributed by atoms with E-state index in [4.69, 9.17) is 19.9 Å². The van der Waals surface area contributed by atoms with Crippen molar-refractivity contribution in [1.29, 1.82) is 0 Å². The van der Waals surface area contributed by atoms with Crippen molar-refractivity contribution >= 4 is 21.7 Å². The number of nitrogens with two attached hydrogens (primary N) is 1. The molecule has 3 N–H and O–H groups in total. The number of hydrogen-bond acceptors (Lipinski definition) is 7. The van der Waals surface area contributed by atoms with Gasteiger partial charge in [-0.2, -0.15) is 0 Å². The number of methoxy groups -OCH3 is 2. The first kappa shape index (κ1) is 23.0. The molecule has 0 atom stereocenters. The fourth-order valence-electron chi connectivity index (χ4n) is 2.61. The summed E-state index contributed by atoms with van der Waals surface area (Å²) in [5.41, 5.74) is 5.31. The Morgan fingerprint density at radius 2 is 1.63 bits per heavy atom. The lowest BCUT2D eigenvalue weighted by molar-refractivity contribution is -0.120. The number of carbonyl (C=O) groups excluding carboxylic acids is 2. The van der Waals surface area contributed by atoms with Gasteiger partial charge in [0.05, 0.1) is 24.9 Å². The molecule has 162 valence electrons. The zero-order valence-corrected chi connectivity index (χ0v) is 17.5. The van der Waals surface area contributed by atoms with E-state index in [1.807, 2.05) is 0 Å². The summed E-state index contributed by atoms with van der Waals surface area (Å²) in [4.78, 5) is 23.7. The first-order chi connectivity index (χ1) is 14.3. The molecule has 9 nitrogen and oxygen atoms in total. The molecule has 0 saturated heterocycles. The van der Waals surface area contributed by atoms with Crippen molar-refractivity contribution in [3.8, 4) is 17.2 Å². The highest BCUT2D eigenvalue weighted by molar-refractivity contribution is 7.91. The molecule has 0 aromatic heterocycles. The van der Waals surface area contributed by atoms with E-state index in [-0.39, 0.29) is 53.0 Å². The predicted molar refractivity (Wildman–Crippen MR) is 110 cm³/mol. The zero-order valence-electron chi connectivity index (χ0n) is 16.7. The second kappa shape index (κ2) is 10.5. The van der Waals surface area contributed by atoms with Gasteiger partial charge < -0.3 is 25.3 Å². The van der Waals surface area contributed by atoms with Gasteiger partial charge in [-0.3, -0.25) is 9.59 Å². The standard InChI is InChI=1S/C20H24N2O7S/c1-27-16-11-14(12-17(28-2)19(16)29-13-18(21)23)20(24)22-9-6-10-30(25,26)15-7-4-3-5-8-15/h3-5,7-8,11-12H,6,9-10,13H2,1-2H3,(H2,21,23)(H,22,24). The lowest BCUT2D eigenvalue weighted by Gasteiger charge is -2.15. The van der Waals surface area contributed by atoms with Crippen molar-refractivity contribution in [3.05, 3.63) is 48.0 Å². The van der Waals surface area contributed by atoms with E-state index in [9.17, 15) is 18.0 Å². The Bertz CT molecular complexity index is 966. The van der Waals surface area contributed by atoms with Crippen LogP contribution in [0, 0.1) is 0 Å². The van der Waals surface area contributed by atoms with Gasteiger partial charge in [0.2, 0.25) is 5.75 Å². The van der Waals surface area contributed by atoms with Gasteiger partial charge in [-0.1, -0.05) is 18.2 Å². The van der Waals surface area contributed by atoms with Crippen LogP contribution in [0.25, 0.3) is 0 Å². The maximum Gasteiger partial charge on any atom is 0.255 e. The summed E-state index contributed by atoms with van der Waals surface area (Å²) in [5, 5.41) is 2.67. The summed E-state index contributed by atoms with van der Waals surface area (Å²) in [6.45, 7) is -0.219. The van der Waals surface area contributed by atoms with Gasteiger partial charge in [-0.05, 0) is 30.7 Å². The van der Waals surface area contributed by atoms with Gasteiger partial charge in [-0.25, -0.2) is 8.42 Å². The van der Waals surface area contributed by atoms with Crippen LogP contribution in [-0.4, -0.2) is 53.4 Å². The van der Waals surface area contributed by atoms with Crippen molar-refractivity contribution in [2.45, 2.75) is 11.3 Å². The third kappa shape index (κ3) is 6.11. The summed E-state index contributed by atoms with van der Waals surface area (Å²) in [5.74, 6) is -0.690. The normalized spacial score (nSPS) is 10.9. The van der Waals surface area contributed by atoms with Gasteiger partial charge in [-0.15, -0.1) is 0 Å². The van der Waals surface area contributed by atoms with Crippen LogP contribution in [0.2, 0.25) is 0 Å². The summed E-state index contributed by atoms with van der Waals surface area (Å²) in [6, 6.07) is 11.0. The SMILES string of the molecule is COc1cc(C(=O)NCCCS(=O)(=O)c2ccccc2)cc(OC)c1OCC(N)=O. The van der Waals surface area contributed by atoms with Crippen LogP contribution in [0.3, 0.4) is 0 Å². The van der Waals surface area contributed by atoms with Crippen LogP contribution in [0.1, 0.15) is 16.8 Å². The summed E-state index contributed by atoms with van der Waals surface area (Å²) < 4.78 is 40.3. The average molecular weight is 436 g/mol. The molecule has 0 aliphatic rings. The van der Waals surface area contributed by atoms with Crippen LogP contribution in [0.15, 0.2) is 47.4 Å². The minimum absolute atomic E-state index is 0.0934. The van der Waals surface area contributed by atoms with Gasteiger partial charge in [0.25, 0.3) is 11.8 Å². The van der Waals surface area contributed by atoms with Gasteiger partial charge in [0.15, 0.2) is 27.9 Å². The molecule has 2 amide bonds. The number of sulfone groups is 1. The number of rotatable bonds is 11. The molecule has 0 aliphatic heterocycles. The largest absolute Gasteiger partial charge is 0.493 e. The van der Waals surface area contributed by atoms with Gasteiger partial charge in [0.1, 0.15) is 0 Å². The van der Waals surface area contributed by atoms with E-state index >= 15 is 0 Å². The molecule has 0 radical (unpaired) electrons. The molecule has 0 heterocycles. The van der Waals surface area contributed by atoms with Crippen molar-refractivity contribution in [1.82, 2.24) is 5.32 Å². The maximum atomic E-state index is 12.5. The molecule has 2 aromatic carbocycles. The summed E-state index contributed by atoms with van der Waals surface area (Å²) >= 11 is 0. The first-order valence-electron chi connectivity index (χ1n) is 9.01. The average Bonchev–Trinajstić information content (AvgIpc) is 2.74. The summed E-state index contributed by atoms with van der Waals surface area (Å²) in [7, 11) is -0.655. The molecule has 0 bridgehead atoms. The molecule has 0 fully saturated rings.